The molecule has 1 rings (SSSR count). The van der Waals surface area contributed by atoms with Gasteiger partial charge < -0.3 is 15.7 Å². The van der Waals surface area contributed by atoms with Gasteiger partial charge in [-0.15, -0.1) is 24.0 Å². The Hall–Kier alpha value is -0.890. The molecule has 114 valence electrons. The van der Waals surface area contributed by atoms with Crippen molar-refractivity contribution in [2.75, 3.05) is 26.2 Å². The molecule has 0 bridgehead atoms. The number of halogens is 1. The number of aliphatic hydroxyl groups is 1. The van der Waals surface area contributed by atoms with Crippen LogP contribution in [0.25, 0.3) is 0 Å². The van der Waals surface area contributed by atoms with E-state index in [1.165, 1.54) is 0 Å². The standard InChI is InChI=1S/C14H24N4O.HI/c1-3-15-14(16-4-2)18-10-12(11-19)9-13-7-5-6-8-17-13;/h5-8,12,19H,3-4,9-11H2,1-2H3,(H2,15,16,18);1H. The molecule has 1 unspecified atom stereocenters. The third kappa shape index (κ3) is 7.64. The van der Waals surface area contributed by atoms with Gasteiger partial charge in [0, 0.05) is 44.0 Å². The van der Waals surface area contributed by atoms with E-state index in [-0.39, 0.29) is 36.5 Å². The molecule has 6 heteroatoms. The van der Waals surface area contributed by atoms with E-state index in [4.69, 9.17) is 0 Å². The molecular formula is C14H25IN4O. The molecule has 1 aromatic heterocycles. The number of rotatable bonds is 7. The average molecular weight is 392 g/mol. The van der Waals surface area contributed by atoms with Gasteiger partial charge in [-0.2, -0.15) is 0 Å². The second kappa shape index (κ2) is 11.9. The molecular weight excluding hydrogens is 367 g/mol. The van der Waals surface area contributed by atoms with Crippen LogP contribution < -0.4 is 10.6 Å². The molecule has 3 N–H and O–H groups in total. The zero-order valence-electron chi connectivity index (χ0n) is 12.2. The molecule has 5 nitrogen and oxygen atoms in total. The van der Waals surface area contributed by atoms with Gasteiger partial charge in [0.2, 0.25) is 0 Å². The van der Waals surface area contributed by atoms with Crippen LogP contribution >= 0.6 is 24.0 Å². The third-order valence-electron chi connectivity index (χ3n) is 2.68. The fourth-order valence-corrected chi connectivity index (χ4v) is 1.73. The number of hydrogen-bond donors (Lipinski definition) is 3. The lowest BCUT2D eigenvalue weighted by Gasteiger charge is -2.13. The summed E-state index contributed by atoms with van der Waals surface area (Å²) in [6.07, 6.45) is 2.52. The quantitative estimate of drug-likeness (QED) is 0.373. The van der Waals surface area contributed by atoms with Crippen molar-refractivity contribution in [1.82, 2.24) is 15.6 Å². The van der Waals surface area contributed by atoms with Gasteiger partial charge in [-0.25, -0.2) is 0 Å². The molecule has 0 aromatic carbocycles. The van der Waals surface area contributed by atoms with Crippen LogP contribution in [0.2, 0.25) is 0 Å². The Bertz CT molecular complexity index is 365. The van der Waals surface area contributed by atoms with Gasteiger partial charge in [-0.3, -0.25) is 9.98 Å². The first-order valence-electron chi connectivity index (χ1n) is 6.83. The predicted molar refractivity (Wildman–Crippen MR) is 93.6 cm³/mol. The molecule has 0 radical (unpaired) electrons. The fourth-order valence-electron chi connectivity index (χ4n) is 1.73. The number of aliphatic imine (C=N–C) groups is 1. The molecule has 0 aliphatic rings. The minimum Gasteiger partial charge on any atom is -0.396 e. The molecule has 0 saturated carbocycles. The monoisotopic (exact) mass is 392 g/mol. The van der Waals surface area contributed by atoms with E-state index in [1.807, 2.05) is 32.0 Å². The number of guanidine groups is 1. The van der Waals surface area contributed by atoms with Crippen LogP contribution in [-0.4, -0.2) is 42.3 Å². The molecule has 1 atom stereocenters. The lowest BCUT2D eigenvalue weighted by atomic mass is 10.0. The van der Waals surface area contributed by atoms with Crippen molar-refractivity contribution >= 4 is 29.9 Å². The van der Waals surface area contributed by atoms with Crippen LogP contribution in [0.1, 0.15) is 19.5 Å². The van der Waals surface area contributed by atoms with Crippen molar-refractivity contribution < 1.29 is 5.11 Å². The van der Waals surface area contributed by atoms with Crippen LogP contribution in [0.4, 0.5) is 0 Å². The van der Waals surface area contributed by atoms with Crippen LogP contribution in [-0.2, 0) is 6.42 Å². The highest BCUT2D eigenvalue weighted by atomic mass is 127. The number of nitrogens with one attached hydrogen (secondary N) is 2. The van der Waals surface area contributed by atoms with E-state index in [0.717, 1.165) is 31.2 Å². The Morgan fingerprint density at radius 3 is 2.50 bits per heavy atom. The maximum Gasteiger partial charge on any atom is 0.191 e. The SMILES string of the molecule is CCNC(=NCC(CO)Cc1ccccn1)NCC.I. The van der Waals surface area contributed by atoms with Gasteiger partial charge in [0.05, 0.1) is 0 Å². The highest BCUT2D eigenvalue weighted by molar-refractivity contribution is 14.0. The van der Waals surface area contributed by atoms with Crippen molar-refractivity contribution in [3.05, 3.63) is 30.1 Å². The molecule has 20 heavy (non-hydrogen) atoms. The Kier molecular flexibility index (Phi) is 11.4. The highest BCUT2D eigenvalue weighted by Crippen LogP contribution is 2.06. The first kappa shape index (κ1) is 19.1. The molecule has 0 amide bonds. The first-order valence-corrected chi connectivity index (χ1v) is 6.83. The van der Waals surface area contributed by atoms with Crippen LogP contribution in [0.5, 0.6) is 0 Å². The summed E-state index contributed by atoms with van der Waals surface area (Å²) in [5.41, 5.74) is 0.991. The molecule has 1 heterocycles. The summed E-state index contributed by atoms with van der Waals surface area (Å²) in [4.78, 5) is 8.75. The number of pyridine rings is 1. The smallest absolute Gasteiger partial charge is 0.191 e. The summed E-state index contributed by atoms with van der Waals surface area (Å²) in [5.74, 6) is 0.895. The van der Waals surface area contributed by atoms with Crippen molar-refractivity contribution in [2.24, 2.45) is 10.9 Å². The lowest BCUT2D eigenvalue weighted by Crippen LogP contribution is -2.37. The minimum atomic E-state index is 0. The normalized spacial score (nSPS) is 11.2. The van der Waals surface area contributed by atoms with Gasteiger partial charge in [0.15, 0.2) is 5.96 Å². The lowest BCUT2D eigenvalue weighted by molar-refractivity contribution is 0.229. The molecule has 0 saturated heterocycles. The summed E-state index contributed by atoms with van der Waals surface area (Å²) in [6, 6.07) is 5.83. The fraction of sp³-hybridized carbons (Fsp3) is 0.571. The minimum absolute atomic E-state index is 0. The molecule has 0 spiro atoms. The largest absolute Gasteiger partial charge is 0.396 e. The summed E-state index contributed by atoms with van der Waals surface area (Å²) >= 11 is 0. The van der Waals surface area contributed by atoms with Gasteiger partial charge in [-0.05, 0) is 32.4 Å². The van der Waals surface area contributed by atoms with E-state index in [0.29, 0.717) is 6.54 Å². The van der Waals surface area contributed by atoms with Crippen LogP contribution in [0, 0.1) is 5.92 Å². The van der Waals surface area contributed by atoms with Crippen molar-refractivity contribution in [3.63, 3.8) is 0 Å². The van der Waals surface area contributed by atoms with E-state index in [1.54, 1.807) is 6.20 Å². The van der Waals surface area contributed by atoms with Gasteiger partial charge >= 0.3 is 0 Å². The van der Waals surface area contributed by atoms with Gasteiger partial charge in [0.25, 0.3) is 0 Å². The van der Waals surface area contributed by atoms with Crippen molar-refractivity contribution in [3.8, 4) is 0 Å². The Morgan fingerprint density at radius 2 is 2.00 bits per heavy atom. The average Bonchev–Trinajstić information content (AvgIpc) is 2.44. The van der Waals surface area contributed by atoms with Gasteiger partial charge in [0.1, 0.15) is 0 Å². The topological polar surface area (TPSA) is 69.5 Å². The van der Waals surface area contributed by atoms with Gasteiger partial charge in [-0.1, -0.05) is 6.07 Å². The Labute approximate surface area is 138 Å². The highest BCUT2D eigenvalue weighted by Gasteiger charge is 2.09. The number of aromatic nitrogens is 1. The zero-order chi connectivity index (χ0) is 13.9. The molecule has 0 fully saturated rings. The number of hydrogen-bond acceptors (Lipinski definition) is 3. The summed E-state index contributed by atoms with van der Waals surface area (Å²) < 4.78 is 0. The van der Waals surface area contributed by atoms with E-state index in [9.17, 15) is 5.11 Å². The van der Waals surface area contributed by atoms with E-state index < -0.39 is 0 Å². The van der Waals surface area contributed by atoms with E-state index >= 15 is 0 Å². The van der Waals surface area contributed by atoms with Crippen LogP contribution in [0.15, 0.2) is 29.4 Å². The summed E-state index contributed by atoms with van der Waals surface area (Å²) in [7, 11) is 0. The second-order valence-corrected chi connectivity index (χ2v) is 4.32. The summed E-state index contributed by atoms with van der Waals surface area (Å²) in [6.45, 7) is 6.42. The maximum atomic E-state index is 9.42. The van der Waals surface area contributed by atoms with Crippen molar-refractivity contribution in [2.45, 2.75) is 20.3 Å². The van der Waals surface area contributed by atoms with Crippen molar-refractivity contribution in [1.29, 1.82) is 0 Å². The molecule has 1 aromatic rings. The number of nitrogens with zero attached hydrogens (tertiary/aromatic N) is 2. The zero-order valence-corrected chi connectivity index (χ0v) is 14.5. The molecule has 0 aliphatic heterocycles. The predicted octanol–water partition coefficient (Wildman–Crippen LogP) is 1.43. The Balaban J connectivity index is 0.00000361. The van der Waals surface area contributed by atoms with E-state index in [2.05, 4.69) is 20.6 Å². The first-order chi connectivity index (χ1) is 9.30. The number of aliphatic hydroxyl groups excluding tert-OH is 1. The second-order valence-electron chi connectivity index (χ2n) is 4.32. The van der Waals surface area contributed by atoms with Crippen LogP contribution in [0.3, 0.4) is 0 Å². The third-order valence-corrected chi connectivity index (χ3v) is 2.68. The summed E-state index contributed by atoms with van der Waals surface area (Å²) in [5, 5.41) is 15.8. The Morgan fingerprint density at radius 1 is 1.30 bits per heavy atom. The molecule has 0 aliphatic carbocycles. The maximum absolute atomic E-state index is 9.42.